The molecule has 140 valence electrons. The molecule has 5 heteroatoms. The smallest absolute Gasteiger partial charge is 0.335 e. The third-order valence-electron chi connectivity index (χ3n) is 3.85. The van der Waals surface area contributed by atoms with Gasteiger partial charge in [-0.25, -0.2) is 4.79 Å². The molecular formula is C21H26O5. The molecule has 0 aliphatic rings. The highest BCUT2D eigenvalue weighted by Gasteiger charge is 2.22. The van der Waals surface area contributed by atoms with Crippen LogP contribution >= 0.6 is 0 Å². The summed E-state index contributed by atoms with van der Waals surface area (Å²) in [6.07, 6.45) is -0.225. The molecule has 0 radical (unpaired) electrons. The van der Waals surface area contributed by atoms with E-state index in [1.54, 1.807) is 14.0 Å². The second-order valence-electron chi connectivity index (χ2n) is 5.64. The van der Waals surface area contributed by atoms with Gasteiger partial charge in [-0.15, -0.1) is 0 Å². The SMILES string of the molecule is CCOC(=O)C(Cc1ccccc1OCc1ccc(OC)cc1)OCC. The van der Waals surface area contributed by atoms with E-state index in [0.717, 1.165) is 22.6 Å². The van der Waals surface area contributed by atoms with Gasteiger partial charge < -0.3 is 18.9 Å². The molecule has 2 rings (SSSR count). The van der Waals surface area contributed by atoms with Gasteiger partial charge in [0.15, 0.2) is 6.10 Å². The van der Waals surface area contributed by atoms with Crippen molar-refractivity contribution in [3.05, 3.63) is 59.7 Å². The van der Waals surface area contributed by atoms with Crippen molar-refractivity contribution in [2.24, 2.45) is 0 Å². The first kappa shape index (κ1) is 19.8. The highest BCUT2D eigenvalue weighted by Crippen LogP contribution is 2.22. The molecule has 0 aliphatic heterocycles. The van der Waals surface area contributed by atoms with Crippen molar-refractivity contribution >= 4 is 5.97 Å². The summed E-state index contributed by atoms with van der Waals surface area (Å²) in [5.41, 5.74) is 1.94. The summed E-state index contributed by atoms with van der Waals surface area (Å²) in [4.78, 5) is 12.1. The minimum absolute atomic E-state index is 0.331. The Balaban J connectivity index is 2.06. The number of methoxy groups -OCH3 is 1. The lowest BCUT2D eigenvalue weighted by Crippen LogP contribution is -2.29. The second kappa shape index (κ2) is 10.5. The number of hydrogen-bond donors (Lipinski definition) is 0. The topological polar surface area (TPSA) is 54.0 Å². The van der Waals surface area contributed by atoms with Crippen LogP contribution in [0.5, 0.6) is 11.5 Å². The summed E-state index contributed by atoms with van der Waals surface area (Å²) in [7, 11) is 1.64. The average Bonchev–Trinajstić information content (AvgIpc) is 2.67. The summed E-state index contributed by atoms with van der Waals surface area (Å²) in [6.45, 7) is 4.85. The normalized spacial score (nSPS) is 11.7. The number of carbonyl (C=O) groups excluding carboxylic acids is 1. The quantitative estimate of drug-likeness (QED) is 0.605. The highest BCUT2D eigenvalue weighted by atomic mass is 16.6. The molecule has 1 unspecified atom stereocenters. The molecule has 0 heterocycles. The van der Waals surface area contributed by atoms with Gasteiger partial charge in [-0.2, -0.15) is 0 Å². The van der Waals surface area contributed by atoms with Crippen LogP contribution in [0.4, 0.5) is 0 Å². The number of para-hydroxylation sites is 1. The van der Waals surface area contributed by atoms with Crippen LogP contribution in [0.1, 0.15) is 25.0 Å². The van der Waals surface area contributed by atoms with E-state index < -0.39 is 6.10 Å². The van der Waals surface area contributed by atoms with Gasteiger partial charge in [-0.3, -0.25) is 0 Å². The number of benzene rings is 2. The zero-order valence-electron chi connectivity index (χ0n) is 15.6. The number of ether oxygens (including phenoxy) is 4. The van der Waals surface area contributed by atoms with Crippen LogP contribution in [0.15, 0.2) is 48.5 Å². The van der Waals surface area contributed by atoms with E-state index in [9.17, 15) is 4.79 Å². The van der Waals surface area contributed by atoms with Gasteiger partial charge in [0, 0.05) is 13.0 Å². The summed E-state index contributed by atoms with van der Waals surface area (Å²) in [6, 6.07) is 15.4. The first-order valence-corrected chi connectivity index (χ1v) is 8.79. The molecule has 0 amide bonds. The minimum Gasteiger partial charge on any atom is -0.497 e. The monoisotopic (exact) mass is 358 g/mol. The van der Waals surface area contributed by atoms with Crippen LogP contribution in [0.25, 0.3) is 0 Å². The average molecular weight is 358 g/mol. The van der Waals surface area contributed by atoms with Gasteiger partial charge >= 0.3 is 5.97 Å². The van der Waals surface area contributed by atoms with Gasteiger partial charge in [-0.05, 0) is 43.2 Å². The fraction of sp³-hybridized carbons (Fsp3) is 0.381. The van der Waals surface area contributed by atoms with E-state index in [2.05, 4.69) is 0 Å². The van der Waals surface area contributed by atoms with Gasteiger partial charge in [0.25, 0.3) is 0 Å². The van der Waals surface area contributed by atoms with Crippen molar-refractivity contribution in [1.82, 2.24) is 0 Å². The largest absolute Gasteiger partial charge is 0.497 e. The lowest BCUT2D eigenvalue weighted by Gasteiger charge is -2.18. The second-order valence-corrected chi connectivity index (χ2v) is 5.64. The van der Waals surface area contributed by atoms with Crippen molar-refractivity contribution in [3.63, 3.8) is 0 Å². The Morgan fingerprint density at radius 1 is 1.00 bits per heavy atom. The molecule has 1 atom stereocenters. The predicted octanol–water partition coefficient (Wildman–Crippen LogP) is 3.78. The molecule has 0 saturated carbocycles. The molecule has 2 aromatic rings. The third-order valence-corrected chi connectivity index (χ3v) is 3.85. The summed E-state index contributed by atoms with van der Waals surface area (Å²) in [5.74, 6) is 1.19. The number of rotatable bonds is 10. The fourth-order valence-corrected chi connectivity index (χ4v) is 2.54. The van der Waals surface area contributed by atoms with E-state index >= 15 is 0 Å². The van der Waals surface area contributed by atoms with Crippen LogP contribution in [0, 0.1) is 0 Å². The molecule has 26 heavy (non-hydrogen) atoms. The zero-order chi connectivity index (χ0) is 18.8. The highest BCUT2D eigenvalue weighted by molar-refractivity contribution is 5.75. The lowest BCUT2D eigenvalue weighted by molar-refractivity contribution is -0.156. The Bertz CT molecular complexity index is 681. The van der Waals surface area contributed by atoms with Crippen molar-refractivity contribution in [1.29, 1.82) is 0 Å². The standard InChI is InChI=1S/C21H26O5/c1-4-24-20(21(22)25-5-2)14-17-8-6-7-9-19(17)26-15-16-10-12-18(23-3)13-11-16/h6-13,20H,4-5,14-15H2,1-3H3. The molecule has 0 spiro atoms. The Morgan fingerprint density at radius 2 is 1.73 bits per heavy atom. The van der Waals surface area contributed by atoms with E-state index in [4.69, 9.17) is 18.9 Å². The Morgan fingerprint density at radius 3 is 2.38 bits per heavy atom. The zero-order valence-corrected chi connectivity index (χ0v) is 15.6. The molecule has 0 fully saturated rings. The molecule has 0 saturated heterocycles. The number of carbonyl (C=O) groups is 1. The first-order valence-electron chi connectivity index (χ1n) is 8.79. The summed E-state index contributed by atoms with van der Waals surface area (Å²) < 4.78 is 21.8. The Hall–Kier alpha value is -2.53. The van der Waals surface area contributed by atoms with Gasteiger partial charge in [-0.1, -0.05) is 30.3 Å². The van der Waals surface area contributed by atoms with Crippen molar-refractivity contribution < 1.29 is 23.7 Å². The van der Waals surface area contributed by atoms with E-state index in [1.807, 2.05) is 55.5 Å². The van der Waals surface area contributed by atoms with Crippen molar-refractivity contribution in [3.8, 4) is 11.5 Å². The summed E-state index contributed by atoms with van der Waals surface area (Å²) >= 11 is 0. The third kappa shape index (κ3) is 5.77. The maximum atomic E-state index is 12.1. The maximum absolute atomic E-state index is 12.1. The first-order chi connectivity index (χ1) is 12.7. The van der Waals surface area contributed by atoms with Gasteiger partial charge in [0.05, 0.1) is 13.7 Å². The van der Waals surface area contributed by atoms with Crippen LogP contribution < -0.4 is 9.47 Å². The predicted molar refractivity (Wildman–Crippen MR) is 99.5 cm³/mol. The van der Waals surface area contributed by atoms with E-state index in [-0.39, 0.29) is 5.97 Å². The summed E-state index contributed by atoms with van der Waals surface area (Å²) in [5, 5.41) is 0. The number of hydrogen-bond acceptors (Lipinski definition) is 5. The Labute approximate surface area is 154 Å². The fourth-order valence-electron chi connectivity index (χ4n) is 2.54. The van der Waals surface area contributed by atoms with Crippen molar-refractivity contribution in [2.45, 2.75) is 33.0 Å². The molecule has 0 aromatic heterocycles. The van der Waals surface area contributed by atoms with Crippen molar-refractivity contribution in [2.75, 3.05) is 20.3 Å². The lowest BCUT2D eigenvalue weighted by atomic mass is 10.1. The maximum Gasteiger partial charge on any atom is 0.335 e. The van der Waals surface area contributed by atoms with Crippen LogP contribution in [0.2, 0.25) is 0 Å². The number of esters is 1. The molecule has 5 nitrogen and oxygen atoms in total. The van der Waals surface area contributed by atoms with Crippen LogP contribution in [0.3, 0.4) is 0 Å². The van der Waals surface area contributed by atoms with Gasteiger partial charge in [0.2, 0.25) is 0 Å². The molecule has 0 N–H and O–H groups in total. The molecule has 2 aromatic carbocycles. The van der Waals surface area contributed by atoms with E-state index in [0.29, 0.717) is 26.2 Å². The molecule has 0 bridgehead atoms. The molecular weight excluding hydrogens is 332 g/mol. The van der Waals surface area contributed by atoms with E-state index in [1.165, 1.54) is 0 Å². The Kier molecular flexibility index (Phi) is 7.96. The van der Waals surface area contributed by atoms with Crippen LogP contribution in [-0.4, -0.2) is 32.4 Å². The van der Waals surface area contributed by atoms with Crippen LogP contribution in [-0.2, 0) is 27.3 Å². The molecule has 0 aliphatic carbocycles. The minimum atomic E-state index is -0.634. The van der Waals surface area contributed by atoms with Gasteiger partial charge in [0.1, 0.15) is 18.1 Å².